The minimum Gasteiger partial charge on any atom is -0.326 e. The molecule has 0 unspecified atom stereocenters. The summed E-state index contributed by atoms with van der Waals surface area (Å²) in [5.74, 6) is 0. The van der Waals surface area contributed by atoms with Gasteiger partial charge in [0.05, 0.1) is 9.79 Å². The quantitative estimate of drug-likeness (QED) is 0.637. The summed E-state index contributed by atoms with van der Waals surface area (Å²) in [4.78, 5) is 0.682. The van der Waals surface area contributed by atoms with Gasteiger partial charge < -0.3 is 5.73 Å². The summed E-state index contributed by atoms with van der Waals surface area (Å²) in [6.07, 6.45) is 1.82. The highest BCUT2D eigenvalue weighted by molar-refractivity contribution is 7.93. The van der Waals surface area contributed by atoms with Crippen LogP contribution in [0.1, 0.15) is 17.4 Å². The van der Waals surface area contributed by atoms with Gasteiger partial charge in [0.1, 0.15) is 4.21 Å². The Labute approximate surface area is 169 Å². The standard InChI is InChI=1S/C20H21NO4S3/c1-3-14-6-4-5-7-19(14)15-10-17(27(2,22)23)12-18(11-15)28(24,25)20-9-8-16(13-21)26-20/h4-12H,3,13,21H2,1-2H3. The molecule has 3 aromatic rings. The third kappa shape index (κ3) is 4.05. The van der Waals surface area contributed by atoms with Gasteiger partial charge in [0, 0.05) is 17.7 Å². The molecule has 0 saturated heterocycles. The van der Waals surface area contributed by atoms with Crippen LogP contribution in [0.5, 0.6) is 0 Å². The van der Waals surface area contributed by atoms with E-state index in [9.17, 15) is 16.8 Å². The van der Waals surface area contributed by atoms with Crippen molar-refractivity contribution < 1.29 is 16.8 Å². The van der Waals surface area contributed by atoms with E-state index in [1.165, 1.54) is 18.2 Å². The van der Waals surface area contributed by atoms with E-state index >= 15 is 0 Å². The molecule has 0 spiro atoms. The van der Waals surface area contributed by atoms with E-state index in [1.54, 1.807) is 12.1 Å². The van der Waals surface area contributed by atoms with Crippen LogP contribution in [-0.2, 0) is 32.6 Å². The molecule has 28 heavy (non-hydrogen) atoms. The monoisotopic (exact) mass is 435 g/mol. The van der Waals surface area contributed by atoms with Crippen LogP contribution in [-0.4, -0.2) is 23.1 Å². The smallest absolute Gasteiger partial charge is 0.216 e. The van der Waals surface area contributed by atoms with Crippen LogP contribution >= 0.6 is 11.3 Å². The van der Waals surface area contributed by atoms with E-state index < -0.39 is 19.7 Å². The molecule has 0 aliphatic carbocycles. The number of benzene rings is 2. The number of sulfone groups is 2. The first-order valence-corrected chi connectivity index (χ1v) is 12.8. The predicted octanol–water partition coefficient (Wildman–Crippen LogP) is 3.67. The lowest BCUT2D eigenvalue weighted by Crippen LogP contribution is -2.05. The highest BCUT2D eigenvalue weighted by Gasteiger charge is 2.23. The summed E-state index contributed by atoms with van der Waals surface area (Å²) in [7, 11) is -7.46. The van der Waals surface area contributed by atoms with Crippen molar-refractivity contribution in [2.75, 3.05) is 6.26 Å². The largest absolute Gasteiger partial charge is 0.326 e. The zero-order chi connectivity index (χ0) is 20.5. The summed E-state index contributed by atoms with van der Waals surface area (Å²) < 4.78 is 50.9. The fraction of sp³-hybridized carbons (Fsp3) is 0.200. The lowest BCUT2D eigenvalue weighted by molar-refractivity contribution is 0.597. The Hall–Kier alpha value is -2.00. The first-order valence-electron chi connectivity index (χ1n) is 8.64. The molecule has 0 aliphatic heterocycles. The van der Waals surface area contributed by atoms with E-state index in [0.29, 0.717) is 5.56 Å². The molecule has 1 aromatic heterocycles. The number of rotatable bonds is 6. The van der Waals surface area contributed by atoms with E-state index in [4.69, 9.17) is 5.73 Å². The molecule has 2 aromatic carbocycles. The molecular weight excluding hydrogens is 414 g/mol. The zero-order valence-electron chi connectivity index (χ0n) is 15.5. The lowest BCUT2D eigenvalue weighted by Gasteiger charge is -2.12. The molecule has 8 heteroatoms. The molecule has 0 fully saturated rings. The van der Waals surface area contributed by atoms with Gasteiger partial charge in [-0.2, -0.15) is 0 Å². The third-order valence-corrected chi connectivity index (χ3v) is 8.86. The van der Waals surface area contributed by atoms with E-state index in [1.807, 2.05) is 31.2 Å². The van der Waals surface area contributed by atoms with Crippen LogP contribution in [0.2, 0.25) is 0 Å². The van der Waals surface area contributed by atoms with Gasteiger partial charge in [-0.1, -0.05) is 31.2 Å². The van der Waals surface area contributed by atoms with Gasteiger partial charge in [-0.05, 0) is 53.4 Å². The van der Waals surface area contributed by atoms with Gasteiger partial charge in [0.25, 0.3) is 0 Å². The van der Waals surface area contributed by atoms with Crippen molar-refractivity contribution in [2.24, 2.45) is 5.73 Å². The highest BCUT2D eigenvalue weighted by atomic mass is 32.2. The van der Waals surface area contributed by atoms with Gasteiger partial charge >= 0.3 is 0 Å². The molecule has 148 valence electrons. The number of hydrogen-bond donors (Lipinski definition) is 1. The molecule has 0 radical (unpaired) electrons. The van der Waals surface area contributed by atoms with Crippen molar-refractivity contribution in [3.05, 3.63) is 65.0 Å². The second kappa shape index (κ2) is 7.79. The van der Waals surface area contributed by atoms with Crippen molar-refractivity contribution >= 4 is 31.0 Å². The number of hydrogen-bond acceptors (Lipinski definition) is 6. The van der Waals surface area contributed by atoms with E-state index in [0.717, 1.165) is 40.0 Å². The van der Waals surface area contributed by atoms with Crippen molar-refractivity contribution in [3.63, 3.8) is 0 Å². The molecule has 0 bridgehead atoms. The summed E-state index contributed by atoms with van der Waals surface area (Å²) in [6.45, 7) is 2.25. The normalized spacial score (nSPS) is 12.2. The molecule has 0 atom stereocenters. The van der Waals surface area contributed by atoms with Crippen LogP contribution in [0.3, 0.4) is 0 Å². The first-order chi connectivity index (χ1) is 13.2. The second-order valence-corrected chi connectivity index (χ2v) is 11.8. The fourth-order valence-corrected chi connectivity index (χ4v) is 6.40. The predicted molar refractivity (Wildman–Crippen MR) is 112 cm³/mol. The molecule has 0 amide bonds. The van der Waals surface area contributed by atoms with Crippen molar-refractivity contribution in [3.8, 4) is 11.1 Å². The Morgan fingerprint density at radius 1 is 0.929 bits per heavy atom. The van der Waals surface area contributed by atoms with Crippen LogP contribution in [0, 0.1) is 0 Å². The van der Waals surface area contributed by atoms with E-state index in [-0.39, 0.29) is 20.5 Å². The van der Waals surface area contributed by atoms with Gasteiger partial charge in [-0.15, -0.1) is 11.3 Å². The topological polar surface area (TPSA) is 94.3 Å². The van der Waals surface area contributed by atoms with Crippen LogP contribution in [0.4, 0.5) is 0 Å². The zero-order valence-corrected chi connectivity index (χ0v) is 18.0. The Morgan fingerprint density at radius 2 is 1.61 bits per heavy atom. The lowest BCUT2D eigenvalue weighted by atomic mass is 9.98. The third-order valence-electron chi connectivity index (χ3n) is 4.43. The Kier molecular flexibility index (Phi) is 5.77. The maximum Gasteiger partial charge on any atom is 0.216 e. The van der Waals surface area contributed by atoms with Gasteiger partial charge in [-0.25, -0.2) is 16.8 Å². The summed E-state index contributed by atoms with van der Waals surface area (Å²) in [5.41, 5.74) is 7.99. The molecule has 2 N–H and O–H groups in total. The SMILES string of the molecule is CCc1ccccc1-c1cc(S(C)(=O)=O)cc(S(=O)(=O)c2ccc(CN)s2)c1. The van der Waals surface area contributed by atoms with Gasteiger partial charge in [-0.3, -0.25) is 0 Å². The van der Waals surface area contributed by atoms with Crippen LogP contribution < -0.4 is 5.73 Å². The maximum atomic E-state index is 13.2. The summed E-state index contributed by atoms with van der Waals surface area (Å²) in [6, 6.07) is 15.1. The first kappa shape index (κ1) is 20.7. The van der Waals surface area contributed by atoms with Crippen molar-refractivity contribution in [1.82, 2.24) is 0 Å². The van der Waals surface area contributed by atoms with Crippen molar-refractivity contribution in [2.45, 2.75) is 33.9 Å². The summed E-state index contributed by atoms with van der Waals surface area (Å²) in [5, 5.41) is 0. The van der Waals surface area contributed by atoms with Gasteiger partial charge in [0.15, 0.2) is 9.84 Å². The Morgan fingerprint density at radius 3 is 2.21 bits per heavy atom. The Bertz CT molecular complexity index is 1230. The summed E-state index contributed by atoms with van der Waals surface area (Å²) >= 11 is 1.09. The molecule has 5 nitrogen and oxygen atoms in total. The molecule has 1 heterocycles. The minimum absolute atomic E-state index is 0.0231. The van der Waals surface area contributed by atoms with Crippen molar-refractivity contribution in [1.29, 1.82) is 0 Å². The molecule has 3 rings (SSSR count). The maximum absolute atomic E-state index is 13.2. The fourth-order valence-electron chi connectivity index (χ4n) is 2.94. The van der Waals surface area contributed by atoms with E-state index in [2.05, 4.69) is 0 Å². The second-order valence-electron chi connectivity index (χ2n) is 6.40. The molecular formula is C20H21NO4S3. The molecule has 0 aliphatic rings. The minimum atomic E-state index is -3.86. The van der Waals surface area contributed by atoms with Crippen LogP contribution in [0.15, 0.2) is 68.6 Å². The van der Waals surface area contributed by atoms with Gasteiger partial charge in [0.2, 0.25) is 9.84 Å². The number of thiophene rings is 1. The number of nitrogens with two attached hydrogens (primary N) is 1. The van der Waals surface area contributed by atoms with Crippen LogP contribution in [0.25, 0.3) is 11.1 Å². The highest BCUT2D eigenvalue weighted by Crippen LogP contribution is 2.33. The average molecular weight is 436 g/mol. The number of aryl methyl sites for hydroxylation is 1. The molecule has 0 saturated carbocycles. The Balaban J connectivity index is 2.27. The average Bonchev–Trinajstić information content (AvgIpc) is 3.17.